The van der Waals surface area contributed by atoms with Crippen LogP contribution in [0.15, 0.2) is 91.1 Å². The number of benzene rings is 3. The van der Waals surface area contributed by atoms with Crippen LogP contribution in [0, 0.1) is 5.41 Å². The minimum atomic E-state index is -0.301. The molecule has 33 heavy (non-hydrogen) atoms. The van der Waals surface area contributed by atoms with Gasteiger partial charge in [-0.2, -0.15) is 0 Å². The maximum Gasteiger partial charge on any atom is 0.251 e. The van der Waals surface area contributed by atoms with Gasteiger partial charge in [-0.3, -0.25) is 10.2 Å². The number of carbonyl (C=O) groups is 1. The Morgan fingerprint density at radius 3 is 2.21 bits per heavy atom. The van der Waals surface area contributed by atoms with E-state index in [1.807, 2.05) is 79.0 Å². The summed E-state index contributed by atoms with van der Waals surface area (Å²) in [6.45, 7) is 2.78. The van der Waals surface area contributed by atoms with Gasteiger partial charge in [0.2, 0.25) is 0 Å². The summed E-state index contributed by atoms with van der Waals surface area (Å²) in [6, 6.07) is 26.5. The first kappa shape index (κ1) is 22.0. The smallest absolute Gasteiger partial charge is 0.251 e. The van der Waals surface area contributed by atoms with Crippen LogP contribution in [0.3, 0.4) is 0 Å². The van der Waals surface area contributed by atoms with Crippen LogP contribution < -0.4 is 11.1 Å². The molecule has 6 nitrogen and oxygen atoms in total. The van der Waals surface area contributed by atoms with Crippen molar-refractivity contribution in [1.29, 1.82) is 5.41 Å². The highest BCUT2D eigenvalue weighted by Gasteiger charge is 2.22. The molecule has 6 heteroatoms. The summed E-state index contributed by atoms with van der Waals surface area (Å²) in [5, 5.41) is 10.8. The van der Waals surface area contributed by atoms with Crippen molar-refractivity contribution in [2.45, 2.75) is 25.9 Å². The Morgan fingerprint density at radius 1 is 0.970 bits per heavy atom. The van der Waals surface area contributed by atoms with Crippen molar-refractivity contribution >= 4 is 11.7 Å². The van der Waals surface area contributed by atoms with Crippen LogP contribution in [-0.2, 0) is 13.0 Å². The molecular formula is C27H27N5O. The highest BCUT2D eigenvalue weighted by atomic mass is 16.1. The second-order valence-corrected chi connectivity index (χ2v) is 7.84. The number of aromatic nitrogens is 2. The second-order valence-electron chi connectivity index (χ2n) is 7.84. The quantitative estimate of drug-likeness (QED) is 0.278. The van der Waals surface area contributed by atoms with Crippen LogP contribution in [0.4, 0.5) is 0 Å². The zero-order chi connectivity index (χ0) is 23.2. The van der Waals surface area contributed by atoms with Crippen molar-refractivity contribution in [1.82, 2.24) is 14.9 Å². The zero-order valence-corrected chi connectivity index (χ0v) is 18.5. The summed E-state index contributed by atoms with van der Waals surface area (Å²) >= 11 is 0. The van der Waals surface area contributed by atoms with Crippen LogP contribution in [0.2, 0.25) is 0 Å². The number of hydrogen-bond donors (Lipinski definition) is 3. The van der Waals surface area contributed by atoms with Crippen LogP contribution in [0.1, 0.15) is 40.3 Å². The third-order valence-corrected chi connectivity index (χ3v) is 5.58. The maximum absolute atomic E-state index is 13.0. The van der Waals surface area contributed by atoms with Crippen LogP contribution in [-0.4, -0.2) is 21.3 Å². The van der Waals surface area contributed by atoms with Gasteiger partial charge in [0.25, 0.3) is 5.91 Å². The Kier molecular flexibility index (Phi) is 6.64. The molecule has 0 saturated heterocycles. The van der Waals surface area contributed by atoms with Gasteiger partial charge in [-0.05, 0) is 31.0 Å². The van der Waals surface area contributed by atoms with E-state index in [2.05, 4.69) is 28.9 Å². The maximum atomic E-state index is 13.0. The summed E-state index contributed by atoms with van der Waals surface area (Å²) in [4.78, 5) is 17.9. The van der Waals surface area contributed by atoms with Crippen molar-refractivity contribution in [2.75, 3.05) is 0 Å². The molecule has 0 unspecified atom stereocenters. The van der Waals surface area contributed by atoms with Gasteiger partial charge in [0.1, 0.15) is 11.7 Å². The number of rotatable bonds is 8. The van der Waals surface area contributed by atoms with E-state index in [-0.39, 0.29) is 17.8 Å². The average Bonchev–Trinajstić information content (AvgIpc) is 3.29. The molecule has 0 aliphatic carbocycles. The molecule has 1 aromatic heterocycles. The van der Waals surface area contributed by atoms with E-state index in [0.717, 1.165) is 29.2 Å². The van der Waals surface area contributed by atoms with E-state index in [1.54, 1.807) is 0 Å². The predicted octanol–water partition coefficient (Wildman–Crippen LogP) is 4.57. The van der Waals surface area contributed by atoms with E-state index >= 15 is 0 Å². The van der Waals surface area contributed by atoms with E-state index in [9.17, 15) is 4.79 Å². The van der Waals surface area contributed by atoms with Gasteiger partial charge < -0.3 is 15.6 Å². The molecule has 4 rings (SSSR count). The first-order valence-electron chi connectivity index (χ1n) is 11.0. The van der Waals surface area contributed by atoms with Gasteiger partial charge in [0.15, 0.2) is 0 Å². The minimum absolute atomic E-state index is 0.0351. The molecule has 0 saturated carbocycles. The molecule has 1 heterocycles. The largest absolute Gasteiger partial charge is 0.384 e. The SMILES string of the molecule is CCn1cc(-c2ccc(C(=N)N)cc2)nc1[C@H](Cc1ccccc1)NC(=O)c1ccccc1. The van der Waals surface area contributed by atoms with Gasteiger partial charge >= 0.3 is 0 Å². The highest BCUT2D eigenvalue weighted by molar-refractivity contribution is 5.95. The molecule has 0 aliphatic heterocycles. The standard InChI is InChI=1S/C27H27N5O/c1-2-32-18-24(20-13-15-21(16-14-20)25(28)29)30-26(32)23(17-19-9-5-3-6-10-19)31-27(33)22-11-7-4-8-12-22/h3-16,18,23H,2,17H2,1H3,(H3,28,29)(H,31,33)/t23-/m0/s1. The first-order chi connectivity index (χ1) is 16.0. The van der Waals surface area contributed by atoms with Gasteiger partial charge in [0, 0.05) is 29.4 Å². The summed E-state index contributed by atoms with van der Waals surface area (Å²) in [6.07, 6.45) is 2.63. The van der Waals surface area contributed by atoms with Crippen LogP contribution in [0.25, 0.3) is 11.3 Å². The molecule has 3 aromatic carbocycles. The minimum Gasteiger partial charge on any atom is -0.384 e. The Morgan fingerprint density at radius 2 is 1.61 bits per heavy atom. The molecule has 0 spiro atoms. The third-order valence-electron chi connectivity index (χ3n) is 5.58. The first-order valence-corrected chi connectivity index (χ1v) is 11.0. The number of imidazole rings is 1. The highest BCUT2D eigenvalue weighted by Crippen LogP contribution is 2.25. The molecule has 0 bridgehead atoms. The monoisotopic (exact) mass is 437 g/mol. The van der Waals surface area contributed by atoms with Crippen molar-refractivity contribution in [2.24, 2.45) is 5.73 Å². The van der Waals surface area contributed by atoms with Gasteiger partial charge in [-0.15, -0.1) is 0 Å². The summed E-state index contributed by atoms with van der Waals surface area (Å²) in [5.74, 6) is 0.707. The lowest BCUT2D eigenvalue weighted by Crippen LogP contribution is -2.32. The number of nitrogen functional groups attached to an aromatic ring is 1. The van der Waals surface area contributed by atoms with Crippen molar-refractivity contribution in [3.05, 3.63) is 114 Å². The van der Waals surface area contributed by atoms with E-state index in [4.69, 9.17) is 16.1 Å². The number of nitrogens with zero attached hydrogens (tertiary/aromatic N) is 2. The van der Waals surface area contributed by atoms with E-state index in [1.165, 1.54) is 0 Å². The lowest BCUT2D eigenvalue weighted by atomic mass is 10.0. The number of nitrogens with one attached hydrogen (secondary N) is 2. The second kappa shape index (κ2) is 9.96. The Balaban J connectivity index is 1.69. The molecule has 1 amide bonds. The molecule has 4 N–H and O–H groups in total. The number of amidine groups is 1. The number of hydrogen-bond acceptors (Lipinski definition) is 3. The Labute approximate surface area is 193 Å². The van der Waals surface area contributed by atoms with Gasteiger partial charge in [0.05, 0.1) is 11.7 Å². The lowest BCUT2D eigenvalue weighted by Gasteiger charge is -2.20. The van der Waals surface area contributed by atoms with Crippen molar-refractivity contribution in [3.8, 4) is 11.3 Å². The fourth-order valence-electron chi connectivity index (χ4n) is 3.81. The zero-order valence-electron chi connectivity index (χ0n) is 18.5. The fourth-order valence-corrected chi connectivity index (χ4v) is 3.81. The number of carbonyl (C=O) groups excluding carboxylic acids is 1. The van der Waals surface area contributed by atoms with Gasteiger partial charge in [-0.25, -0.2) is 4.98 Å². The van der Waals surface area contributed by atoms with Crippen LogP contribution in [0.5, 0.6) is 0 Å². The lowest BCUT2D eigenvalue weighted by molar-refractivity contribution is 0.0934. The predicted molar refractivity (Wildman–Crippen MR) is 131 cm³/mol. The third kappa shape index (κ3) is 5.18. The summed E-state index contributed by atoms with van der Waals surface area (Å²) in [7, 11) is 0. The summed E-state index contributed by atoms with van der Waals surface area (Å²) < 4.78 is 2.08. The molecule has 0 radical (unpaired) electrons. The number of nitrogens with two attached hydrogens (primary N) is 1. The number of amides is 1. The van der Waals surface area contributed by atoms with Crippen molar-refractivity contribution < 1.29 is 4.79 Å². The van der Waals surface area contributed by atoms with Crippen LogP contribution >= 0.6 is 0 Å². The molecule has 0 fully saturated rings. The van der Waals surface area contributed by atoms with Crippen molar-refractivity contribution in [3.63, 3.8) is 0 Å². The molecule has 0 aliphatic rings. The Bertz CT molecular complexity index is 1230. The Hall–Kier alpha value is -4.19. The molecular weight excluding hydrogens is 410 g/mol. The number of aryl methyl sites for hydroxylation is 1. The normalized spacial score (nSPS) is 11.7. The topological polar surface area (TPSA) is 96.8 Å². The van der Waals surface area contributed by atoms with E-state index < -0.39 is 0 Å². The molecule has 4 aromatic rings. The molecule has 166 valence electrons. The fraction of sp³-hybridized carbons (Fsp3) is 0.148. The van der Waals surface area contributed by atoms with E-state index in [0.29, 0.717) is 17.5 Å². The molecule has 1 atom stereocenters. The average molecular weight is 438 g/mol. The summed E-state index contributed by atoms with van der Waals surface area (Å²) in [5.41, 5.74) is 9.74. The van der Waals surface area contributed by atoms with Gasteiger partial charge in [-0.1, -0.05) is 72.8 Å².